The van der Waals surface area contributed by atoms with Gasteiger partial charge >= 0.3 is 0 Å². The second kappa shape index (κ2) is 6.18. The topological polar surface area (TPSA) is 26.0 Å². The molecule has 100 valence electrons. The van der Waals surface area contributed by atoms with Crippen molar-refractivity contribution in [3.63, 3.8) is 0 Å². The Balaban J connectivity index is 2.27. The van der Waals surface area contributed by atoms with Crippen molar-refractivity contribution in [1.82, 2.24) is 0 Å². The first-order valence-electron chi connectivity index (χ1n) is 6.32. The first-order valence-corrected chi connectivity index (χ1v) is 6.70. The number of benzene rings is 2. The van der Waals surface area contributed by atoms with Gasteiger partial charge in [0.2, 0.25) is 0 Å². The van der Waals surface area contributed by atoms with Gasteiger partial charge in [-0.15, -0.1) is 0 Å². The van der Waals surface area contributed by atoms with Crippen LogP contribution in [-0.4, -0.2) is 6.04 Å². The van der Waals surface area contributed by atoms with E-state index in [-0.39, 0.29) is 17.8 Å². The molecule has 2 aromatic carbocycles. The molecule has 0 amide bonds. The number of hydrogen-bond acceptors (Lipinski definition) is 1. The summed E-state index contributed by atoms with van der Waals surface area (Å²) in [6, 6.07) is 14.3. The average Bonchev–Trinajstić information content (AvgIpc) is 2.39. The van der Waals surface area contributed by atoms with Crippen molar-refractivity contribution < 1.29 is 4.39 Å². The third kappa shape index (κ3) is 3.55. The van der Waals surface area contributed by atoms with Crippen LogP contribution in [0.4, 0.5) is 4.39 Å². The minimum Gasteiger partial charge on any atom is -0.327 e. The fraction of sp³-hybridized carbons (Fsp3) is 0.250. The van der Waals surface area contributed by atoms with Crippen molar-refractivity contribution in [2.24, 2.45) is 5.73 Å². The molecule has 0 radical (unpaired) electrons. The lowest BCUT2D eigenvalue weighted by Crippen LogP contribution is -2.27. The second-order valence-electron chi connectivity index (χ2n) is 4.82. The normalized spacial score (nSPS) is 14.1. The Hall–Kier alpha value is -1.38. The standard InChI is InChI=1S/C16H17ClFN/c1-11(19)15(14-4-2-3-5-16(14)18)10-12-6-8-13(17)9-7-12/h2-9,11,15H,10,19H2,1H3. The van der Waals surface area contributed by atoms with Crippen LogP contribution in [0.15, 0.2) is 48.5 Å². The zero-order valence-electron chi connectivity index (χ0n) is 10.8. The number of rotatable bonds is 4. The van der Waals surface area contributed by atoms with E-state index >= 15 is 0 Å². The van der Waals surface area contributed by atoms with E-state index < -0.39 is 0 Å². The van der Waals surface area contributed by atoms with E-state index in [9.17, 15) is 4.39 Å². The van der Waals surface area contributed by atoms with E-state index in [1.54, 1.807) is 12.1 Å². The summed E-state index contributed by atoms with van der Waals surface area (Å²) in [5, 5.41) is 0.701. The predicted molar refractivity (Wildman–Crippen MR) is 77.9 cm³/mol. The fourth-order valence-electron chi connectivity index (χ4n) is 2.23. The van der Waals surface area contributed by atoms with Gasteiger partial charge in [0, 0.05) is 17.0 Å². The van der Waals surface area contributed by atoms with Gasteiger partial charge in [-0.25, -0.2) is 4.39 Å². The molecular weight excluding hydrogens is 261 g/mol. The Kier molecular flexibility index (Phi) is 4.56. The molecule has 2 N–H and O–H groups in total. The number of halogens is 2. The summed E-state index contributed by atoms with van der Waals surface area (Å²) in [7, 11) is 0. The van der Waals surface area contributed by atoms with Gasteiger partial charge < -0.3 is 5.73 Å². The zero-order valence-corrected chi connectivity index (χ0v) is 11.6. The molecule has 2 aromatic rings. The summed E-state index contributed by atoms with van der Waals surface area (Å²) >= 11 is 5.87. The van der Waals surface area contributed by atoms with Gasteiger partial charge in [-0.05, 0) is 42.7 Å². The maximum Gasteiger partial charge on any atom is 0.126 e. The van der Waals surface area contributed by atoms with Crippen molar-refractivity contribution >= 4 is 11.6 Å². The molecule has 0 aromatic heterocycles. The van der Waals surface area contributed by atoms with Crippen molar-refractivity contribution in [2.75, 3.05) is 0 Å². The first kappa shape index (κ1) is 14.0. The lowest BCUT2D eigenvalue weighted by Gasteiger charge is -2.22. The predicted octanol–water partition coefficient (Wildman–Crippen LogP) is 4.15. The summed E-state index contributed by atoms with van der Waals surface area (Å²) in [5.41, 5.74) is 7.80. The highest BCUT2D eigenvalue weighted by Gasteiger charge is 2.19. The SMILES string of the molecule is CC(N)C(Cc1ccc(Cl)cc1)c1ccccc1F. The second-order valence-corrected chi connectivity index (χ2v) is 5.25. The number of hydrogen-bond donors (Lipinski definition) is 1. The summed E-state index contributed by atoms with van der Waals surface area (Å²) < 4.78 is 13.9. The van der Waals surface area contributed by atoms with Gasteiger partial charge in [0.25, 0.3) is 0 Å². The molecule has 2 unspecified atom stereocenters. The summed E-state index contributed by atoms with van der Waals surface area (Å²) in [6.07, 6.45) is 0.704. The van der Waals surface area contributed by atoms with Crippen LogP contribution < -0.4 is 5.73 Å². The Morgan fingerprint density at radius 1 is 1.11 bits per heavy atom. The van der Waals surface area contributed by atoms with Crippen molar-refractivity contribution in [1.29, 1.82) is 0 Å². The van der Waals surface area contributed by atoms with Crippen molar-refractivity contribution in [2.45, 2.75) is 25.3 Å². The Labute approximate surface area is 118 Å². The molecule has 0 spiro atoms. The highest BCUT2D eigenvalue weighted by molar-refractivity contribution is 6.30. The van der Waals surface area contributed by atoms with Crippen LogP contribution in [0, 0.1) is 5.82 Å². The van der Waals surface area contributed by atoms with Gasteiger partial charge in [-0.1, -0.05) is 41.9 Å². The minimum absolute atomic E-state index is 0.0395. The molecule has 3 heteroatoms. The average molecular weight is 278 g/mol. The molecule has 0 fully saturated rings. The molecule has 0 heterocycles. The summed E-state index contributed by atoms with van der Waals surface area (Å²) in [6.45, 7) is 1.91. The summed E-state index contributed by atoms with van der Waals surface area (Å²) in [5.74, 6) is -0.235. The third-order valence-electron chi connectivity index (χ3n) is 3.31. The lowest BCUT2D eigenvalue weighted by atomic mass is 9.87. The molecule has 2 atom stereocenters. The van der Waals surface area contributed by atoms with E-state index in [2.05, 4.69) is 0 Å². The fourth-order valence-corrected chi connectivity index (χ4v) is 2.36. The van der Waals surface area contributed by atoms with Gasteiger partial charge in [-0.2, -0.15) is 0 Å². The molecule has 0 saturated carbocycles. The van der Waals surface area contributed by atoms with Crippen LogP contribution in [0.2, 0.25) is 5.02 Å². The Morgan fingerprint density at radius 2 is 1.74 bits per heavy atom. The molecule has 0 aliphatic rings. The van der Waals surface area contributed by atoms with Crippen molar-refractivity contribution in [3.8, 4) is 0 Å². The lowest BCUT2D eigenvalue weighted by molar-refractivity contribution is 0.521. The van der Waals surface area contributed by atoms with Gasteiger partial charge in [-0.3, -0.25) is 0 Å². The maximum atomic E-state index is 13.9. The van der Waals surface area contributed by atoms with E-state index in [0.717, 1.165) is 5.56 Å². The van der Waals surface area contributed by atoms with E-state index in [4.69, 9.17) is 17.3 Å². The van der Waals surface area contributed by atoms with Crippen molar-refractivity contribution in [3.05, 3.63) is 70.5 Å². The van der Waals surface area contributed by atoms with Gasteiger partial charge in [0.15, 0.2) is 0 Å². The smallest absolute Gasteiger partial charge is 0.126 e. The molecule has 0 aliphatic carbocycles. The zero-order chi connectivity index (χ0) is 13.8. The van der Waals surface area contributed by atoms with Crippen LogP contribution in [0.1, 0.15) is 24.0 Å². The van der Waals surface area contributed by atoms with E-state index in [0.29, 0.717) is 17.0 Å². The van der Waals surface area contributed by atoms with E-state index in [1.165, 1.54) is 6.07 Å². The molecule has 19 heavy (non-hydrogen) atoms. The van der Waals surface area contributed by atoms with Crippen LogP contribution in [0.5, 0.6) is 0 Å². The monoisotopic (exact) mass is 277 g/mol. The van der Waals surface area contributed by atoms with Gasteiger partial charge in [0.05, 0.1) is 0 Å². The Morgan fingerprint density at radius 3 is 2.32 bits per heavy atom. The van der Waals surface area contributed by atoms with Crippen LogP contribution in [0.3, 0.4) is 0 Å². The third-order valence-corrected chi connectivity index (χ3v) is 3.56. The highest BCUT2D eigenvalue weighted by Crippen LogP contribution is 2.26. The molecule has 0 bridgehead atoms. The van der Waals surface area contributed by atoms with Crippen LogP contribution >= 0.6 is 11.6 Å². The molecule has 0 aliphatic heterocycles. The highest BCUT2D eigenvalue weighted by atomic mass is 35.5. The minimum atomic E-state index is -0.196. The largest absolute Gasteiger partial charge is 0.327 e. The maximum absolute atomic E-state index is 13.9. The van der Waals surface area contributed by atoms with Crippen LogP contribution in [-0.2, 0) is 6.42 Å². The van der Waals surface area contributed by atoms with Crippen LogP contribution in [0.25, 0.3) is 0 Å². The molecule has 0 saturated heterocycles. The first-order chi connectivity index (χ1) is 9.08. The summed E-state index contributed by atoms with van der Waals surface area (Å²) in [4.78, 5) is 0. The van der Waals surface area contributed by atoms with E-state index in [1.807, 2.05) is 37.3 Å². The Bertz CT molecular complexity index is 537. The van der Waals surface area contributed by atoms with Gasteiger partial charge in [0.1, 0.15) is 5.82 Å². The molecule has 2 rings (SSSR count). The molecule has 1 nitrogen and oxygen atoms in total. The number of nitrogens with two attached hydrogens (primary N) is 1. The molecular formula is C16H17ClFN. The quantitative estimate of drug-likeness (QED) is 0.892.